The van der Waals surface area contributed by atoms with Crippen LogP contribution in [0.5, 0.6) is 0 Å². The minimum atomic E-state index is 0.929. The molecule has 2 N–H and O–H groups in total. The average molecular weight is 366 g/mol. The van der Waals surface area contributed by atoms with Crippen molar-refractivity contribution in [2.75, 3.05) is 0 Å². The number of rotatable bonds is 5. The fourth-order valence-corrected chi connectivity index (χ4v) is 2.97. The number of benzene rings is 2. The lowest BCUT2D eigenvalue weighted by atomic mass is 10.1. The molecular formula is C24H22N4. The van der Waals surface area contributed by atoms with Crippen LogP contribution in [0.1, 0.15) is 22.8 Å². The van der Waals surface area contributed by atoms with E-state index < -0.39 is 0 Å². The minimum Gasteiger partial charge on any atom is -0.358 e. The van der Waals surface area contributed by atoms with Gasteiger partial charge in [-0.15, -0.1) is 0 Å². The SMILES string of the molecule is Cc1ccc(/C=N/c2ccc(-c3ccc(/N=C/c4ccc(C)[nH]4)cc3)cc2)[nH]1. The van der Waals surface area contributed by atoms with Gasteiger partial charge in [0.25, 0.3) is 0 Å². The normalized spacial score (nSPS) is 11.6. The van der Waals surface area contributed by atoms with Crippen molar-refractivity contribution in [3.63, 3.8) is 0 Å². The molecule has 4 nitrogen and oxygen atoms in total. The van der Waals surface area contributed by atoms with Crippen molar-refractivity contribution in [3.05, 3.63) is 95.6 Å². The Morgan fingerprint density at radius 1 is 0.536 bits per heavy atom. The first-order valence-corrected chi connectivity index (χ1v) is 9.26. The number of H-pyrrole nitrogens is 2. The molecule has 0 unspecified atom stereocenters. The summed E-state index contributed by atoms with van der Waals surface area (Å²) in [7, 11) is 0. The monoisotopic (exact) mass is 366 g/mol. The maximum absolute atomic E-state index is 4.52. The van der Waals surface area contributed by atoms with Crippen LogP contribution in [0.25, 0.3) is 11.1 Å². The lowest BCUT2D eigenvalue weighted by Gasteiger charge is -2.03. The largest absolute Gasteiger partial charge is 0.358 e. The Kier molecular flexibility index (Phi) is 5.02. The molecule has 138 valence electrons. The number of aryl methyl sites for hydroxylation is 2. The number of hydrogen-bond donors (Lipinski definition) is 2. The van der Waals surface area contributed by atoms with E-state index in [2.05, 4.69) is 44.2 Å². The molecule has 2 aromatic carbocycles. The molecule has 28 heavy (non-hydrogen) atoms. The molecule has 2 aromatic heterocycles. The van der Waals surface area contributed by atoms with E-state index in [-0.39, 0.29) is 0 Å². The molecule has 0 spiro atoms. The Bertz CT molecular complexity index is 1020. The van der Waals surface area contributed by atoms with Gasteiger partial charge in [0.15, 0.2) is 0 Å². The average Bonchev–Trinajstić information content (AvgIpc) is 3.33. The summed E-state index contributed by atoms with van der Waals surface area (Å²) < 4.78 is 0. The molecule has 0 atom stereocenters. The zero-order valence-electron chi connectivity index (χ0n) is 16.0. The Morgan fingerprint density at radius 3 is 1.25 bits per heavy atom. The Morgan fingerprint density at radius 2 is 0.929 bits per heavy atom. The molecular weight excluding hydrogens is 344 g/mol. The van der Waals surface area contributed by atoms with Gasteiger partial charge in [0.1, 0.15) is 0 Å². The zero-order chi connectivity index (χ0) is 19.3. The van der Waals surface area contributed by atoms with E-state index in [9.17, 15) is 0 Å². The van der Waals surface area contributed by atoms with Gasteiger partial charge in [0.05, 0.1) is 35.2 Å². The molecule has 4 heteroatoms. The van der Waals surface area contributed by atoms with E-state index in [1.165, 1.54) is 0 Å². The molecule has 4 aromatic rings. The summed E-state index contributed by atoms with van der Waals surface area (Å²) in [4.78, 5) is 15.5. The van der Waals surface area contributed by atoms with Crippen LogP contribution < -0.4 is 0 Å². The number of nitrogens with zero attached hydrogens (tertiary/aromatic N) is 2. The van der Waals surface area contributed by atoms with Gasteiger partial charge in [-0.2, -0.15) is 0 Å². The van der Waals surface area contributed by atoms with Crippen molar-refractivity contribution >= 4 is 23.8 Å². The number of hydrogen-bond acceptors (Lipinski definition) is 2. The van der Waals surface area contributed by atoms with Crippen LogP contribution in [-0.4, -0.2) is 22.4 Å². The fourth-order valence-electron chi connectivity index (χ4n) is 2.97. The van der Waals surface area contributed by atoms with Crippen LogP contribution in [0, 0.1) is 13.8 Å². The molecule has 0 bridgehead atoms. The molecule has 0 aliphatic rings. The summed E-state index contributed by atoms with van der Waals surface area (Å²) in [6.45, 7) is 4.06. The summed E-state index contributed by atoms with van der Waals surface area (Å²) in [5.41, 5.74) is 8.45. The lowest BCUT2D eigenvalue weighted by molar-refractivity contribution is 1.25. The number of aromatic nitrogens is 2. The molecule has 0 saturated heterocycles. The molecule has 0 radical (unpaired) electrons. The van der Waals surface area contributed by atoms with Gasteiger partial charge >= 0.3 is 0 Å². The maximum Gasteiger partial charge on any atom is 0.0630 e. The van der Waals surface area contributed by atoms with E-state index in [0.717, 1.165) is 45.3 Å². The van der Waals surface area contributed by atoms with E-state index >= 15 is 0 Å². The third-order valence-electron chi connectivity index (χ3n) is 4.48. The van der Waals surface area contributed by atoms with Gasteiger partial charge in [-0.05, 0) is 73.5 Å². The van der Waals surface area contributed by atoms with Gasteiger partial charge in [-0.25, -0.2) is 0 Å². The lowest BCUT2D eigenvalue weighted by Crippen LogP contribution is -1.81. The van der Waals surface area contributed by atoms with Crippen LogP contribution in [0.3, 0.4) is 0 Å². The van der Waals surface area contributed by atoms with Gasteiger partial charge in [0.2, 0.25) is 0 Å². The molecule has 0 aliphatic carbocycles. The van der Waals surface area contributed by atoms with E-state index in [0.29, 0.717) is 0 Å². The highest BCUT2D eigenvalue weighted by Crippen LogP contribution is 2.25. The Balaban J connectivity index is 1.44. The van der Waals surface area contributed by atoms with E-state index in [1.54, 1.807) is 0 Å². The van der Waals surface area contributed by atoms with Crippen LogP contribution in [0.4, 0.5) is 11.4 Å². The maximum atomic E-state index is 4.52. The molecule has 2 heterocycles. The van der Waals surface area contributed by atoms with E-state index in [4.69, 9.17) is 0 Å². The zero-order valence-corrected chi connectivity index (χ0v) is 16.0. The molecule has 0 saturated carbocycles. The summed E-state index contributed by atoms with van der Waals surface area (Å²) in [6, 6.07) is 24.6. The van der Waals surface area contributed by atoms with Crippen molar-refractivity contribution in [2.45, 2.75) is 13.8 Å². The second kappa shape index (κ2) is 7.92. The summed E-state index contributed by atoms with van der Waals surface area (Å²) in [5, 5.41) is 0. The highest BCUT2D eigenvalue weighted by molar-refractivity contribution is 5.81. The second-order valence-electron chi connectivity index (χ2n) is 6.80. The predicted molar refractivity (Wildman–Crippen MR) is 117 cm³/mol. The first-order chi connectivity index (χ1) is 13.7. The second-order valence-corrected chi connectivity index (χ2v) is 6.80. The minimum absolute atomic E-state index is 0.929. The van der Waals surface area contributed by atoms with Crippen molar-refractivity contribution in [1.29, 1.82) is 0 Å². The Hall–Kier alpha value is -3.66. The third kappa shape index (κ3) is 4.35. The number of aromatic amines is 2. The quantitative estimate of drug-likeness (QED) is 0.399. The molecule has 0 aliphatic heterocycles. The smallest absolute Gasteiger partial charge is 0.0630 e. The topological polar surface area (TPSA) is 56.3 Å². The highest BCUT2D eigenvalue weighted by Gasteiger charge is 1.99. The van der Waals surface area contributed by atoms with Crippen LogP contribution in [-0.2, 0) is 0 Å². The van der Waals surface area contributed by atoms with Crippen LogP contribution >= 0.6 is 0 Å². The van der Waals surface area contributed by atoms with Crippen molar-refractivity contribution in [2.24, 2.45) is 9.98 Å². The van der Waals surface area contributed by atoms with Gasteiger partial charge in [-0.3, -0.25) is 9.98 Å². The van der Waals surface area contributed by atoms with Crippen molar-refractivity contribution in [1.82, 2.24) is 9.97 Å². The molecule has 0 amide bonds. The summed E-state index contributed by atoms with van der Waals surface area (Å²) in [5.74, 6) is 0. The highest BCUT2D eigenvalue weighted by atomic mass is 14.8. The first-order valence-electron chi connectivity index (χ1n) is 9.26. The number of nitrogens with one attached hydrogen (secondary N) is 2. The molecule has 4 rings (SSSR count). The third-order valence-corrected chi connectivity index (χ3v) is 4.48. The summed E-state index contributed by atoms with van der Waals surface area (Å²) in [6.07, 6.45) is 3.70. The number of aliphatic imine (C=N–C) groups is 2. The summed E-state index contributed by atoms with van der Waals surface area (Å²) >= 11 is 0. The Labute approximate surface area is 164 Å². The predicted octanol–water partition coefficient (Wildman–Crippen LogP) is 6.13. The fraction of sp³-hybridized carbons (Fsp3) is 0.0833. The van der Waals surface area contributed by atoms with E-state index in [1.807, 2.05) is 74.8 Å². The van der Waals surface area contributed by atoms with Crippen molar-refractivity contribution in [3.8, 4) is 11.1 Å². The van der Waals surface area contributed by atoms with Crippen molar-refractivity contribution < 1.29 is 0 Å². The van der Waals surface area contributed by atoms with Gasteiger partial charge in [-0.1, -0.05) is 24.3 Å². The molecule has 0 fully saturated rings. The van der Waals surface area contributed by atoms with Gasteiger partial charge in [0, 0.05) is 11.4 Å². The van der Waals surface area contributed by atoms with Crippen LogP contribution in [0.15, 0.2) is 82.8 Å². The van der Waals surface area contributed by atoms with Crippen LogP contribution in [0.2, 0.25) is 0 Å². The first kappa shape index (κ1) is 17.7. The van der Waals surface area contributed by atoms with Gasteiger partial charge < -0.3 is 9.97 Å². The standard InChI is InChI=1S/C24H22N4/c1-17-3-9-23(27-17)15-25-21-11-5-19(6-12-21)20-7-13-22(14-8-20)26-16-24-10-4-18(2)28-24/h3-16,27-28H,1-2H3/b25-15+,26-16+.